The van der Waals surface area contributed by atoms with Crippen LogP contribution in [-0.4, -0.2) is 51.1 Å². The Balaban J connectivity index is 0. The maximum atomic E-state index is 9.43. The lowest BCUT2D eigenvalue weighted by Crippen LogP contribution is -2.29. The summed E-state index contributed by atoms with van der Waals surface area (Å²) in [6, 6.07) is 1.53. The lowest BCUT2D eigenvalue weighted by molar-refractivity contribution is -0.115. The second-order valence-electron chi connectivity index (χ2n) is 4.30. The molecule has 1 heterocycles. The van der Waals surface area contributed by atoms with Crippen molar-refractivity contribution in [2.24, 2.45) is 0 Å². The van der Waals surface area contributed by atoms with Gasteiger partial charge in [0.05, 0.1) is 0 Å². The smallest absolute Gasteiger partial charge is 0.209 e. The third-order valence-electron chi connectivity index (χ3n) is 2.42. The van der Waals surface area contributed by atoms with Gasteiger partial charge in [-0.2, -0.15) is 0 Å². The highest BCUT2D eigenvalue weighted by molar-refractivity contribution is 5.45. The highest BCUT2D eigenvalue weighted by Gasteiger charge is 2.18. The standard InChI is InChI=1S/C8H18N2.C3H7NO.C2H6/c1-7-3-4-8(10-7)5-6-9-2;1-4(2)3-5;1-2/h7-10H,3-6H2,1-2H3;3H,1-2H3;1-2H3. The monoisotopic (exact) mass is 245 g/mol. The first-order valence-corrected chi connectivity index (χ1v) is 6.62. The van der Waals surface area contributed by atoms with Gasteiger partial charge in [0, 0.05) is 26.2 Å². The number of nitrogens with one attached hydrogen (secondary N) is 2. The molecule has 2 atom stereocenters. The van der Waals surface area contributed by atoms with E-state index in [0.29, 0.717) is 0 Å². The number of amides is 1. The van der Waals surface area contributed by atoms with Gasteiger partial charge in [-0.15, -0.1) is 0 Å². The molecule has 0 bridgehead atoms. The highest BCUT2D eigenvalue weighted by Crippen LogP contribution is 2.13. The Hall–Kier alpha value is -0.610. The fourth-order valence-corrected chi connectivity index (χ4v) is 1.57. The van der Waals surface area contributed by atoms with Gasteiger partial charge >= 0.3 is 0 Å². The molecule has 0 aliphatic carbocycles. The van der Waals surface area contributed by atoms with Gasteiger partial charge < -0.3 is 15.5 Å². The Bertz CT molecular complexity index is 163. The molecular formula is C13H31N3O. The SMILES string of the molecule is CC.CN(C)C=O.CNCCC1CCC(C)N1. The van der Waals surface area contributed by atoms with E-state index in [9.17, 15) is 4.79 Å². The molecule has 4 nitrogen and oxygen atoms in total. The van der Waals surface area contributed by atoms with E-state index >= 15 is 0 Å². The highest BCUT2D eigenvalue weighted by atomic mass is 16.1. The molecule has 17 heavy (non-hydrogen) atoms. The molecule has 1 aliphatic rings. The van der Waals surface area contributed by atoms with E-state index in [1.807, 2.05) is 20.9 Å². The fraction of sp³-hybridized carbons (Fsp3) is 0.923. The summed E-state index contributed by atoms with van der Waals surface area (Å²) in [5, 5.41) is 6.72. The van der Waals surface area contributed by atoms with Crippen LogP contribution in [0.15, 0.2) is 0 Å². The van der Waals surface area contributed by atoms with E-state index < -0.39 is 0 Å². The van der Waals surface area contributed by atoms with E-state index in [4.69, 9.17) is 0 Å². The molecule has 1 rings (SSSR count). The van der Waals surface area contributed by atoms with E-state index in [2.05, 4.69) is 17.6 Å². The van der Waals surface area contributed by atoms with Crippen LogP contribution in [0.1, 0.15) is 40.0 Å². The van der Waals surface area contributed by atoms with E-state index in [-0.39, 0.29) is 0 Å². The number of hydrogen-bond acceptors (Lipinski definition) is 3. The maximum Gasteiger partial charge on any atom is 0.209 e. The van der Waals surface area contributed by atoms with Gasteiger partial charge in [0.1, 0.15) is 0 Å². The molecule has 1 aliphatic heterocycles. The molecule has 1 fully saturated rings. The minimum Gasteiger partial charge on any atom is -0.351 e. The Labute approximate surface area is 107 Å². The zero-order chi connectivity index (χ0) is 13.7. The van der Waals surface area contributed by atoms with Gasteiger partial charge in [0.25, 0.3) is 0 Å². The van der Waals surface area contributed by atoms with E-state index in [0.717, 1.165) is 25.0 Å². The minimum absolute atomic E-state index is 0.750. The van der Waals surface area contributed by atoms with Crippen molar-refractivity contribution in [1.29, 1.82) is 0 Å². The second kappa shape index (κ2) is 13.5. The molecule has 104 valence electrons. The van der Waals surface area contributed by atoms with Gasteiger partial charge in [-0.1, -0.05) is 13.8 Å². The Morgan fingerprint density at radius 3 is 2.18 bits per heavy atom. The van der Waals surface area contributed by atoms with Crippen LogP contribution in [0, 0.1) is 0 Å². The van der Waals surface area contributed by atoms with Crippen LogP contribution >= 0.6 is 0 Å². The summed E-state index contributed by atoms with van der Waals surface area (Å²) >= 11 is 0. The van der Waals surface area contributed by atoms with Crippen LogP contribution in [0.2, 0.25) is 0 Å². The first kappa shape index (κ1) is 18.7. The summed E-state index contributed by atoms with van der Waals surface area (Å²) in [4.78, 5) is 10.9. The second-order valence-corrected chi connectivity index (χ2v) is 4.30. The minimum atomic E-state index is 0.750. The van der Waals surface area contributed by atoms with Crippen LogP contribution < -0.4 is 10.6 Å². The molecule has 0 spiro atoms. The van der Waals surface area contributed by atoms with Crippen LogP contribution in [0.3, 0.4) is 0 Å². The van der Waals surface area contributed by atoms with Gasteiger partial charge in [0.15, 0.2) is 0 Å². The van der Waals surface area contributed by atoms with Crippen molar-refractivity contribution in [3.63, 3.8) is 0 Å². The number of carbonyl (C=O) groups is 1. The van der Waals surface area contributed by atoms with Gasteiger partial charge in [-0.3, -0.25) is 4.79 Å². The van der Waals surface area contributed by atoms with Gasteiger partial charge in [0.2, 0.25) is 6.41 Å². The third-order valence-corrected chi connectivity index (χ3v) is 2.42. The number of nitrogens with zero attached hydrogens (tertiary/aromatic N) is 1. The lowest BCUT2D eigenvalue weighted by atomic mass is 10.1. The maximum absolute atomic E-state index is 9.43. The topological polar surface area (TPSA) is 44.4 Å². The van der Waals surface area contributed by atoms with Crippen LogP contribution in [0.5, 0.6) is 0 Å². The Morgan fingerprint density at radius 2 is 1.88 bits per heavy atom. The summed E-state index contributed by atoms with van der Waals surface area (Å²) in [6.45, 7) is 7.41. The van der Waals surface area contributed by atoms with Crippen molar-refractivity contribution in [2.45, 2.75) is 52.1 Å². The molecule has 2 N–H and O–H groups in total. The zero-order valence-corrected chi connectivity index (χ0v) is 12.4. The molecule has 2 unspecified atom stereocenters. The van der Waals surface area contributed by atoms with E-state index in [1.165, 1.54) is 24.2 Å². The van der Waals surface area contributed by atoms with Gasteiger partial charge in [-0.25, -0.2) is 0 Å². The fourth-order valence-electron chi connectivity index (χ4n) is 1.57. The Kier molecular flexibility index (Phi) is 14.8. The van der Waals surface area contributed by atoms with Crippen LogP contribution in [0.25, 0.3) is 0 Å². The lowest BCUT2D eigenvalue weighted by Gasteiger charge is -2.10. The summed E-state index contributed by atoms with van der Waals surface area (Å²) < 4.78 is 0. The third kappa shape index (κ3) is 13.3. The number of rotatable bonds is 4. The number of hydrogen-bond donors (Lipinski definition) is 2. The first-order valence-electron chi connectivity index (χ1n) is 6.62. The molecule has 1 saturated heterocycles. The first-order chi connectivity index (χ1) is 8.10. The van der Waals surface area contributed by atoms with Crippen molar-refractivity contribution < 1.29 is 4.79 Å². The van der Waals surface area contributed by atoms with Crippen molar-refractivity contribution in [2.75, 3.05) is 27.7 Å². The largest absolute Gasteiger partial charge is 0.351 e. The molecule has 0 aromatic heterocycles. The average molecular weight is 245 g/mol. The summed E-state index contributed by atoms with van der Waals surface area (Å²) in [5.74, 6) is 0. The predicted octanol–water partition coefficient (Wildman–Crippen LogP) is 1.47. The normalized spacial score (nSPS) is 21.8. The van der Waals surface area contributed by atoms with Crippen molar-refractivity contribution in [3.8, 4) is 0 Å². The van der Waals surface area contributed by atoms with Crippen molar-refractivity contribution >= 4 is 6.41 Å². The molecule has 0 radical (unpaired) electrons. The molecular weight excluding hydrogens is 214 g/mol. The van der Waals surface area contributed by atoms with Crippen LogP contribution in [-0.2, 0) is 4.79 Å². The molecule has 0 aromatic carbocycles. The summed E-state index contributed by atoms with van der Waals surface area (Å²) in [6.07, 6.45) is 4.75. The van der Waals surface area contributed by atoms with Crippen LogP contribution in [0.4, 0.5) is 0 Å². The predicted molar refractivity (Wildman–Crippen MR) is 75.3 cm³/mol. The molecule has 1 amide bonds. The number of carbonyl (C=O) groups excluding carboxylic acids is 1. The zero-order valence-electron chi connectivity index (χ0n) is 12.4. The molecule has 0 aromatic rings. The average Bonchev–Trinajstić information content (AvgIpc) is 2.76. The van der Waals surface area contributed by atoms with Crippen molar-refractivity contribution in [1.82, 2.24) is 15.5 Å². The molecule has 4 heteroatoms. The molecule has 0 saturated carbocycles. The van der Waals surface area contributed by atoms with Gasteiger partial charge in [-0.05, 0) is 39.8 Å². The quantitative estimate of drug-likeness (QED) is 0.737. The summed E-state index contributed by atoms with van der Waals surface area (Å²) in [7, 11) is 5.39. The van der Waals surface area contributed by atoms with E-state index in [1.54, 1.807) is 14.1 Å². The Morgan fingerprint density at radius 1 is 1.35 bits per heavy atom. The van der Waals surface area contributed by atoms with Crippen molar-refractivity contribution in [3.05, 3.63) is 0 Å². The summed E-state index contributed by atoms with van der Waals surface area (Å²) in [5.41, 5.74) is 0.